The van der Waals surface area contributed by atoms with Gasteiger partial charge in [-0.25, -0.2) is 0 Å². The predicted molar refractivity (Wildman–Crippen MR) is 67.7 cm³/mol. The zero-order valence-corrected chi connectivity index (χ0v) is 10.1. The van der Waals surface area contributed by atoms with Gasteiger partial charge in [-0.1, -0.05) is 6.07 Å². The highest BCUT2D eigenvalue weighted by molar-refractivity contribution is 6.22. The van der Waals surface area contributed by atoms with Crippen molar-refractivity contribution in [2.45, 2.75) is 18.9 Å². The van der Waals surface area contributed by atoms with Crippen molar-refractivity contribution in [3.63, 3.8) is 0 Å². The van der Waals surface area contributed by atoms with Crippen LogP contribution in [0.3, 0.4) is 0 Å². The maximum Gasteiger partial charge on any atom is 0.261 e. The molecular formula is C15H11NO3. The van der Waals surface area contributed by atoms with E-state index in [1.54, 1.807) is 24.5 Å². The second-order valence-corrected chi connectivity index (χ2v) is 4.95. The van der Waals surface area contributed by atoms with Gasteiger partial charge in [0.2, 0.25) is 0 Å². The summed E-state index contributed by atoms with van der Waals surface area (Å²) in [4.78, 5) is 25.9. The Kier molecular flexibility index (Phi) is 1.98. The summed E-state index contributed by atoms with van der Waals surface area (Å²) >= 11 is 0. The molecule has 94 valence electrons. The van der Waals surface area contributed by atoms with Crippen LogP contribution in [0.4, 0.5) is 0 Å². The molecule has 1 aliphatic heterocycles. The van der Waals surface area contributed by atoms with Crippen LogP contribution in [-0.4, -0.2) is 22.8 Å². The first-order chi connectivity index (χ1) is 9.25. The molecular weight excluding hydrogens is 242 g/mol. The van der Waals surface area contributed by atoms with E-state index in [1.165, 1.54) is 4.90 Å². The zero-order valence-electron chi connectivity index (χ0n) is 10.1. The van der Waals surface area contributed by atoms with Gasteiger partial charge in [0.1, 0.15) is 5.76 Å². The Hall–Kier alpha value is -2.36. The molecule has 0 N–H and O–H groups in total. The standard InChI is InChI=1S/C15H11NO3/c17-14-11-6-3-9(13-2-1-7-19-13)8-12(11)15(18)16(14)10-4-5-10/h1-3,6-8,10H,4-5H2. The molecule has 1 aliphatic carbocycles. The number of benzene rings is 1. The first kappa shape index (κ1) is 10.6. The fourth-order valence-electron chi connectivity index (χ4n) is 2.52. The highest BCUT2D eigenvalue weighted by atomic mass is 16.3. The Morgan fingerprint density at radius 1 is 1.05 bits per heavy atom. The first-order valence-electron chi connectivity index (χ1n) is 6.31. The Labute approximate surface area is 109 Å². The number of rotatable bonds is 2. The van der Waals surface area contributed by atoms with E-state index in [2.05, 4.69) is 0 Å². The molecule has 0 spiro atoms. The molecule has 2 aromatic rings. The van der Waals surface area contributed by atoms with Gasteiger partial charge in [0.05, 0.1) is 17.4 Å². The number of imide groups is 1. The molecule has 0 unspecified atom stereocenters. The number of amides is 2. The summed E-state index contributed by atoms with van der Waals surface area (Å²) in [5, 5.41) is 0. The van der Waals surface area contributed by atoms with E-state index in [0.29, 0.717) is 16.9 Å². The third-order valence-electron chi connectivity index (χ3n) is 3.64. The van der Waals surface area contributed by atoms with E-state index in [9.17, 15) is 9.59 Å². The average molecular weight is 253 g/mol. The summed E-state index contributed by atoms with van der Waals surface area (Å²) in [5.74, 6) is 0.373. The molecule has 2 amide bonds. The molecule has 19 heavy (non-hydrogen) atoms. The number of furan rings is 1. The quantitative estimate of drug-likeness (QED) is 0.773. The van der Waals surface area contributed by atoms with Gasteiger partial charge >= 0.3 is 0 Å². The van der Waals surface area contributed by atoms with Gasteiger partial charge < -0.3 is 4.42 Å². The molecule has 1 aromatic carbocycles. The molecule has 1 saturated carbocycles. The summed E-state index contributed by atoms with van der Waals surface area (Å²) in [7, 11) is 0. The summed E-state index contributed by atoms with van der Waals surface area (Å²) in [6, 6.07) is 9.03. The molecule has 1 aromatic heterocycles. The van der Waals surface area contributed by atoms with Crippen LogP contribution in [0.5, 0.6) is 0 Å². The lowest BCUT2D eigenvalue weighted by atomic mass is 10.0. The lowest BCUT2D eigenvalue weighted by Gasteiger charge is -2.11. The van der Waals surface area contributed by atoms with E-state index in [1.807, 2.05) is 12.1 Å². The Bertz CT molecular complexity index is 683. The van der Waals surface area contributed by atoms with Gasteiger partial charge in [-0.05, 0) is 37.1 Å². The van der Waals surface area contributed by atoms with Crippen LogP contribution in [0.1, 0.15) is 33.6 Å². The highest BCUT2D eigenvalue weighted by Crippen LogP contribution is 2.36. The number of fused-ring (bicyclic) bond motifs is 1. The summed E-state index contributed by atoms with van der Waals surface area (Å²) in [5.41, 5.74) is 1.82. The highest BCUT2D eigenvalue weighted by Gasteiger charge is 2.44. The van der Waals surface area contributed by atoms with Gasteiger partial charge in [-0.2, -0.15) is 0 Å². The minimum Gasteiger partial charge on any atom is -0.464 e. The largest absolute Gasteiger partial charge is 0.464 e. The van der Waals surface area contributed by atoms with Gasteiger partial charge in [-0.3, -0.25) is 14.5 Å². The lowest BCUT2D eigenvalue weighted by Crippen LogP contribution is -2.31. The molecule has 0 atom stereocenters. The maximum atomic E-state index is 12.3. The van der Waals surface area contributed by atoms with E-state index in [4.69, 9.17) is 4.42 Å². The molecule has 4 rings (SSSR count). The van der Waals surface area contributed by atoms with Crippen molar-refractivity contribution in [3.05, 3.63) is 47.7 Å². The molecule has 2 heterocycles. The minimum atomic E-state index is -0.170. The van der Waals surface area contributed by atoms with Gasteiger partial charge in [0, 0.05) is 11.6 Å². The maximum absolute atomic E-state index is 12.3. The van der Waals surface area contributed by atoms with Crippen LogP contribution < -0.4 is 0 Å². The summed E-state index contributed by atoms with van der Waals surface area (Å²) < 4.78 is 5.32. The van der Waals surface area contributed by atoms with Crippen molar-refractivity contribution in [1.29, 1.82) is 0 Å². The topological polar surface area (TPSA) is 50.5 Å². The van der Waals surface area contributed by atoms with Crippen LogP contribution in [0.2, 0.25) is 0 Å². The molecule has 0 saturated heterocycles. The van der Waals surface area contributed by atoms with E-state index in [0.717, 1.165) is 18.4 Å². The zero-order chi connectivity index (χ0) is 13.0. The van der Waals surface area contributed by atoms with E-state index >= 15 is 0 Å². The predicted octanol–water partition coefficient (Wildman–Crippen LogP) is 2.71. The Morgan fingerprint density at radius 2 is 1.84 bits per heavy atom. The average Bonchev–Trinajstić information content (AvgIpc) is 3.03. The number of carbonyl (C=O) groups excluding carboxylic acids is 2. The third kappa shape index (κ3) is 1.46. The normalized spacial score (nSPS) is 18.0. The fraction of sp³-hybridized carbons (Fsp3) is 0.200. The number of hydrogen-bond acceptors (Lipinski definition) is 3. The number of hydrogen-bond donors (Lipinski definition) is 0. The smallest absolute Gasteiger partial charge is 0.261 e. The SMILES string of the molecule is O=C1c2ccc(-c3ccco3)cc2C(=O)N1C1CC1. The van der Waals surface area contributed by atoms with Crippen LogP contribution in [0, 0.1) is 0 Å². The Morgan fingerprint density at radius 3 is 2.53 bits per heavy atom. The van der Waals surface area contributed by atoms with E-state index in [-0.39, 0.29) is 17.9 Å². The summed E-state index contributed by atoms with van der Waals surface area (Å²) in [6.45, 7) is 0. The fourth-order valence-corrected chi connectivity index (χ4v) is 2.52. The lowest BCUT2D eigenvalue weighted by molar-refractivity contribution is 0.0642. The third-order valence-corrected chi connectivity index (χ3v) is 3.64. The minimum absolute atomic E-state index is 0.111. The van der Waals surface area contributed by atoms with Crippen molar-refractivity contribution in [1.82, 2.24) is 4.90 Å². The van der Waals surface area contributed by atoms with Crippen molar-refractivity contribution in [3.8, 4) is 11.3 Å². The van der Waals surface area contributed by atoms with Gasteiger partial charge in [0.25, 0.3) is 11.8 Å². The molecule has 2 aliphatic rings. The monoisotopic (exact) mass is 253 g/mol. The summed E-state index contributed by atoms with van der Waals surface area (Å²) in [6.07, 6.45) is 3.44. The van der Waals surface area contributed by atoms with Gasteiger partial charge in [0.15, 0.2) is 0 Å². The first-order valence-corrected chi connectivity index (χ1v) is 6.31. The van der Waals surface area contributed by atoms with Crippen LogP contribution in [0.25, 0.3) is 11.3 Å². The second kappa shape index (κ2) is 3.57. The van der Waals surface area contributed by atoms with Crippen LogP contribution >= 0.6 is 0 Å². The molecule has 0 radical (unpaired) electrons. The molecule has 1 fully saturated rings. The van der Waals surface area contributed by atoms with E-state index < -0.39 is 0 Å². The number of carbonyl (C=O) groups is 2. The molecule has 4 nitrogen and oxygen atoms in total. The second-order valence-electron chi connectivity index (χ2n) is 4.95. The Balaban J connectivity index is 1.81. The van der Waals surface area contributed by atoms with Crippen LogP contribution in [-0.2, 0) is 0 Å². The molecule has 4 heteroatoms. The van der Waals surface area contributed by atoms with Crippen molar-refractivity contribution in [2.24, 2.45) is 0 Å². The van der Waals surface area contributed by atoms with Crippen LogP contribution in [0.15, 0.2) is 41.0 Å². The van der Waals surface area contributed by atoms with Crippen molar-refractivity contribution < 1.29 is 14.0 Å². The van der Waals surface area contributed by atoms with Crippen molar-refractivity contribution >= 4 is 11.8 Å². The molecule has 0 bridgehead atoms. The van der Waals surface area contributed by atoms with Gasteiger partial charge in [-0.15, -0.1) is 0 Å². The number of nitrogens with zero attached hydrogens (tertiary/aromatic N) is 1. The van der Waals surface area contributed by atoms with Crippen molar-refractivity contribution in [2.75, 3.05) is 0 Å².